The van der Waals surface area contributed by atoms with Gasteiger partial charge in [-0.25, -0.2) is 9.78 Å². The Morgan fingerprint density at radius 3 is 2.72 bits per heavy atom. The molecule has 0 bridgehead atoms. The predicted octanol–water partition coefficient (Wildman–Crippen LogP) is 2.76. The Kier molecular flexibility index (Phi) is 4.57. The Balaban J connectivity index is 1.48. The van der Waals surface area contributed by atoms with Gasteiger partial charge in [0.25, 0.3) is 5.56 Å². The van der Waals surface area contributed by atoms with Gasteiger partial charge in [-0.15, -0.1) is 0 Å². The molecule has 32 heavy (non-hydrogen) atoms. The van der Waals surface area contributed by atoms with Crippen LogP contribution in [0.4, 0.5) is 13.2 Å². The average molecular weight is 444 g/mol. The maximum absolute atomic E-state index is 13.0. The standard InChI is InChI=1S/C21H19F3N6O2/c1-28-16-17(27-20(32)30(19(16)31)10-12-5-6-12)26-18(28)14-8-25-29(11-14)9-13-3-2-4-15(7-13)21(22,23)24/h2-4,7-8,11-12H,5-6,9-10H2,1H3,(H,27,32). The fourth-order valence-corrected chi connectivity index (χ4v) is 3.80. The monoisotopic (exact) mass is 444 g/mol. The number of halogens is 3. The van der Waals surface area contributed by atoms with Gasteiger partial charge in [0, 0.05) is 19.8 Å². The molecule has 1 N–H and O–H groups in total. The van der Waals surface area contributed by atoms with Crippen LogP contribution in [0.15, 0.2) is 46.2 Å². The number of nitrogens with zero attached hydrogens (tertiary/aromatic N) is 5. The van der Waals surface area contributed by atoms with E-state index in [9.17, 15) is 22.8 Å². The summed E-state index contributed by atoms with van der Waals surface area (Å²) in [5.74, 6) is 0.778. The average Bonchev–Trinajstić information content (AvgIpc) is 3.34. The third kappa shape index (κ3) is 3.63. The molecule has 166 valence electrons. The molecule has 11 heteroatoms. The molecule has 0 amide bonds. The van der Waals surface area contributed by atoms with Crippen LogP contribution in [0.3, 0.4) is 0 Å². The molecule has 5 rings (SSSR count). The number of aromatic nitrogens is 6. The van der Waals surface area contributed by atoms with Crippen LogP contribution in [0, 0.1) is 5.92 Å². The number of hydrogen-bond donors (Lipinski definition) is 1. The lowest BCUT2D eigenvalue weighted by atomic mass is 10.1. The Hall–Kier alpha value is -3.63. The molecule has 0 spiro atoms. The smallest absolute Gasteiger partial charge is 0.321 e. The minimum absolute atomic E-state index is 0.138. The van der Waals surface area contributed by atoms with E-state index in [0.29, 0.717) is 29.4 Å². The topological polar surface area (TPSA) is 90.5 Å². The Labute approximate surface area is 178 Å². The van der Waals surface area contributed by atoms with Crippen molar-refractivity contribution in [3.8, 4) is 11.4 Å². The Morgan fingerprint density at radius 2 is 2.00 bits per heavy atom. The van der Waals surface area contributed by atoms with Crippen LogP contribution < -0.4 is 11.2 Å². The van der Waals surface area contributed by atoms with Gasteiger partial charge in [-0.2, -0.15) is 18.3 Å². The number of rotatable bonds is 5. The molecular weight excluding hydrogens is 425 g/mol. The van der Waals surface area contributed by atoms with Gasteiger partial charge in [0.1, 0.15) is 5.82 Å². The van der Waals surface area contributed by atoms with E-state index in [0.717, 1.165) is 25.0 Å². The van der Waals surface area contributed by atoms with Crippen LogP contribution in [0.5, 0.6) is 0 Å². The minimum atomic E-state index is -4.41. The van der Waals surface area contributed by atoms with E-state index in [4.69, 9.17) is 0 Å². The molecule has 0 saturated heterocycles. The number of imidazole rings is 1. The van der Waals surface area contributed by atoms with Crippen LogP contribution in [0.1, 0.15) is 24.0 Å². The first kappa shape index (κ1) is 20.3. The second kappa shape index (κ2) is 7.21. The number of alkyl halides is 3. The predicted molar refractivity (Wildman–Crippen MR) is 110 cm³/mol. The van der Waals surface area contributed by atoms with Crippen molar-refractivity contribution in [2.24, 2.45) is 13.0 Å². The first-order valence-corrected chi connectivity index (χ1v) is 10.1. The van der Waals surface area contributed by atoms with Crippen molar-refractivity contribution in [2.45, 2.75) is 32.1 Å². The van der Waals surface area contributed by atoms with E-state index < -0.39 is 23.0 Å². The molecule has 0 aliphatic heterocycles. The van der Waals surface area contributed by atoms with Crippen LogP contribution in [-0.4, -0.2) is 28.9 Å². The number of hydrogen-bond acceptors (Lipinski definition) is 4. The summed E-state index contributed by atoms with van der Waals surface area (Å²) in [7, 11) is 1.68. The van der Waals surface area contributed by atoms with Crippen molar-refractivity contribution in [1.29, 1.82) is 0 Å². The van der Waals surface area contributed by atoms with Gasteiger partial charge < -0.3 is 4.57 Å². The first-order valence-electron chi connectivity index (χ1n) is 10.1. The van der Waals surface area contributed by atoms with Crippen molar-refractivity contribution in [1.82, 2.24) is 28.9 Å². The highest BCUT2D eigenvalue weighted by Gasteiger charge is 2.30. The van der Waals surface area contributed by atoms with Gasteiger partial charge in [0.2, 0.25) is 0 Å². The van der Waals surface area contributed by atoms with Gasteiger partial charge in [-0.3, -0.25) is 19.0 Å². The number of H-pyrrole nitrogens is 1. The van der Waals surface area contributed by atoms with E-state index in [-0.39, 0.29) is 17.7 Å². The van der Waals surface area contributed by atoms with Crippen LogP contribution in [0.25, 0.3) is 22.6 Å². The number of fused-ring (bicyclic) bond motifs is 1. The van der Waals surface area contributed by atoms with Crippen molar-refractivity contribution in [2.75, 3.05) is 0 Å². The second-order valence-corrected chi connectivity index (χ2v) is 8.11. The molecule has 1 aliphatic rings. The highest BCUT2D eigenvalue weighted by atomic mass is 19.4. The summed E-state index contributed by atoms with van der Waals surface area (Å²) in [6, 6.07) is 5.06. The molecular formula is C21H19F3N6O2. The molecule has 4 aromatic rings. The van der Waals surface area contributed by atoms with E-state index in [2.05, 4.69) is 15.1 Å². The van der Waals surface area contributed by atoms with Crippen LogP contribution >= 0.6 is 0 Å². The summed E-state index contributed by atoms with van der Waals surface area (Å²) < 4.78 is 43.2. The lowest BCUT2D eigenvalue weighted by Gasteiger charge is -2.08. The molecule has 0 unspecified atom stereocenters. The molecule has 1 fully saturated rings. The summed E-state index contributed by atoms with van der Waals surface area (Å²) in [6.07, 6.45) is 0.761. The van der Waals surface area contributed by atoms with Gasteiger partial charge >= 0.3 is 11.9 Å². The number of benzene rings is 1. The number of aromatic amines is 1. The zero-order valence-electron chi connectivity index (χ0n) is 17.1. The van der Waals surface area contributed by atoms with Gasteiger partial charge in [-0.1, -0.05) is 12.1 Å². The normalized spacial score (nSPS) is 14.4. The van der Waals surface area contributed by atoms with Crippen LogP contribution in [0.2, 0.25) is 0 Å². The second-order valence-electron chi connectivity index (χ2n) is 8.11. The quantitative estimate of drug-likeness (QED) is 0.513. The summed E-state index contributed by atoms with van der Waals surface area (Å²) in [6.45, 7) is 0.526. The van der Waals surface area contributed by atoms with Gasteiger partial charge in [0.15, 0.2) is 11.2 Å². The SMILES string of the molecule is Cn1c(-c2cnn(Cc3cccc(C(F)(F)F)c3)c2)nc2[nH]c(=O)n(CC3CC3)c(=O)c21. The Morgan fingerprint density at radius 1 is 1.22 bits per heavy atom. The van der Waals surface area contributed by atoms with Crippen molar-refractivity contribution in [3.05, 3.63) is 68.6 Å². The van der Waals surface area contributed by atoms with Crippen molar-refractivity contribution >= 4 is 11.2 Å². The highest BCUT2D eigenvalue weighted by Crippen LogP contribution is 2.30. The van der Waals surface area contributed by atoms with Gasteiger partial charge in [0.05, 0.1) is 23.9 Å². The molecule has 3 aromatic heterocycles. The van der Waals surface area contributed by atoms with E-state index >= 15 is 0 Å². The molecule has 1 aliphatic carbocycles. The fourth-order valence-electron chi connectivity index (χ4n) is 3.80. The van der Waals surface area contributed by atoms with E-state index in [1.54, 1.807) is 23.9 Å². The largest absolute Gasteiger partial charge is 0.416 e. The van der Waals surface area contributed by atoms with Crippen molar-refractivity contribution < 1.29 is 13.2 Å². The number of nitrogens with one attached hydrogen (secondary N) is 1. The van der Waals surface area contributed by atoms with Crippen LogP contribution in [-0.2, 0) is 26.3 Å². The first-order chi connectivity index (χ1) is 15.2. The van der Waals surface area contributed by atoms with Gasteiger partial charge in [-0.05, 0) is 36.5 Å². The number of aryl methyl sites for hydroxylation is 1. The molecule has 1 aromatic carbocycles. The van der Waals surface area contributed by atoms with Crippen molar-refractivity contribution in [3.63, 3.8) is 0 Å². The third-order valence-electron chi connectivity index (χ3n) is 5.64. The maximum Gasteiger partial charge on any atom is 0.416 e. The third-order valence-corrected chi connectivity index (χ3v) is 5.64. The minimum Gasteiger partial charge on any atom is -0.321 e. The van der Waals surface area contributed by atoms with E-state index in [1.807, 2.05) is 0 Å². The highest BCUT2D eigenvalue weighted by molar-refractivity contribution is 5.75. The summed E-state index contributed by atoms with van der Waals surface area (Å²) in [5, 5.41) is 4.22. The molecule has 3 heterocycles. The lowest BCUT2D eigenvalue weighted by molar-refractivity contribution is -0.137. The molecule has 0 atom stereocenters. The summed E-state index contributed by atoms with van der Waals surface area (Å²) in [4.78, 5) is 32.3. The molecule has 0 radical (unpaired) electrons. The zero-order chi connectivity index (χ0) is 22.6. The van der Waals surface area contributed by atoms with E-state index in [1.165, 1.54) is 21.5 Å². The zero-order valence-corrected chi connectivity index (χ0v) is 17.1. The lowest BCUT2D eigenvalue weighted by Crippen LogP contribution is -2.36. The summed E-state index contributed by atoms with van der Waals surface area (Å²) in [5.41, 5.74) is -0.103. The fraction of sp³-hybridized carbons (Fsp3) is 0.333. The summed E-state index contributed by atoms with van der Waals surface area (Å²) >= 11 is 0. The molecule has 8 nitrogen and oxygen atoms in total. The molecule has 1 saturated carbocycles. The Bertz CT molecular complexity index is 1440. The maximum atomic E-state index is 13.0.